The summed E-state index contributed by atoms with van der Waals surface area (Å²) in [7, 11) is 0. The summed E-state index contributed by atoms with van der Waals surface area (Å²) in [6.07, 6.45) is 67.9. The highest BCUT2D eigenvalue weighted by Gasteiger charge is 2.47. The van der Waals surface area contributed by atoms with E-state index < -0.39 is 67.4 Å². The van der Waals surface area contributed by atoms with Crippen LogP contribution in [-0.2, 0) is 23.8 Å². The Morgan fingerprint density at radius 1 is 0.482 bits per heavy atom. The molecular weight excluding hydrogens is 1040 g/mol. The number of unbranched alkanes of at least 4 members (excludes halogenated alkanes) is 32. The maximum absolute atomic E-state index is 13.5. The Kier molecular flexibility index (Phi) is 55.5. The van der Waals surface area contributed by atoms with Crippen LogP contribution in [0.3, 0.4) is 0 Å². The van der Waals surface area contributed by atoms with E-state index in [0.717, 1.165) is 70.6 Å². The topological polar surface area (TPSA) is 175 Å². The fourth-order valence-corrected chi connectivity index (χ4v) is 10.4. The van der Waals surface area contributed by atoms with Crippen molar-refractivity contribution in [2.24, 2.45) is 0 Å². The van der Waals surface area contributed by atoms with Crippen molar-refractivity contribution >= 4 is 11.9 Å². The van der Waals surface area contributed by atoms with Gasteiger partial charge in [-0.3, -0.25) is 9.59 Å². The summed E-state index contributed by atoms with van der Waals surface area (Å²) in [6, 6.07) is -1.04. The molecular formula is C72H127NO10. The van der Waals surface area contributed by atoms with Crippen LogP contribution >= 0.6 is 0 Å². The van der Waals surface area contributed by atoms with E-state index in [-0.39, 0.29) is 19.4 Å². The van der Waals surface area contributed by atoms with Gasteiger partial charge in [0.15, 0.2) is 12.4 Å². The standard InChI is InChI=1S/C72H127NO10/c1-4-7-10-13-16-19-22-24-26-28-29-30-31-32-33-34-35-36-38-39-41-44-47-50-53-56-59-65(76)71(80)73-63(64(75)58-55-52-49-46-43-21-18-15-12-9-6-3)62-81-72-70(69(79)68(78)66(61-74)82-72)83-67(77)60-57-54-51-48-45-42-40-37-27-25-23-20-17-14-11-8-5-2/h8,11,17,20,24-27,40,42,48,51,55,58,63-66,68-70,72,74-76,78-79H,4-7,9-10,12-16,18-19,21-23,28-39,41,43-47,49-50,52-54,56-57,59-62H2,1-3H3,(H,73,80)/b11-8-,20-17-,26-24+,27-25-,42-40-,51-48-,58-55+. The van der Waals surface area contributed by atoms with Crippen molar-refractivity contribution in [2.75, 3.05) is 13.2 Å². The summed E-state index contributed by atoms with van der Waals surface area (Å²) < 4.78 is 17.6. The van der Waals surface area contributed by atoms with E-state index >= 15 is 0 Å². The van der Waals surface area contributed by atoms with Crippen LogP contribution in [0.15, 0.2) is 85.1 Å². The zero-order valence-corrected chi connectivity index (χ0v) is 53.3. The highest BCUT2D eigenvalue weighted by atomic mass is 16.7. The lowest BCUT2D eigenvalue weighted by molar-refractivity contribution is -0.305. The monoisotopic (exact) mass is 1170 g/mol. The highest BCUT2D eigenvalue weighted by molar-refractivity contribution is 5.80. The van der Waals surface area contributed by atoms with Crippen LogP contribution in [0.1, 0.15) is 297 Å². The first-order valence-electron chi connectivity index (χ1n) is 34.4. The predicted molar refractivity (Wildman–Crippen MR) is 347 cm³/mol. The van der Waals surface area contributed by atoms with Crippen molar-refractivity contribution in [3.8, 4) is 0 Å². The molecule has 1 amide bonds. The number of carbonyl (C=O) groups excluding carboxylic acids is 2. The van der Waals surface area contributed by atoms with Gasteiger partial charge < -0.3 is 45.1 Å². The second kappa shape index (κ2) is 59.2. The molecule has 1 heterocycles. The molecule has 0 spiro atoms. The van der Waals surface area contributed by atoms with Crippen molar-refractivity contribution in [1.82, 2.24) is 5.32 Å². The molecule has 1 aliphatic heterocycles. The second-order valence-electron chi connectivity index (χ2n) is 23.5. The van der Waals surface area contributed by atoms with E-state index in [1.165, 1.54) is 173 Å². The molecule has 0 saturated carbocycles. The first-order valence-corrected chi connectivity index (χ1v) is 34.4. The van der Waals surface area contributed by atoms with Gasteiger partial charge in [0.1, 0.15) is 24.4 Å². The van der Waals surface area contributed by atoms with E-state index in [1.807, 2.05) is 18.2 Å². The number of hydrogen-bond acceptors (Lipinski definition) is 10. The molecule has 8 atom stereocenters. The summed E-state index contributed by atoms with van der Waals surface area (Å²) in [5, 5.41) is 57.1. The van der Waals surface area contributed by atoms with Crippen LogP contribution in [0.2, 0.25) is 0 Å². The number of amides is 1. The minimum atomic E-state index is -1.64. The number of carbonyl (C=O) groups is 2. The summed E-state index contributed by atoms with van der Waals surface area (Å²) >= 11 is 0. The van der Waals surface area contributed by atoms with E-state index in [9.17, 15) is 35.1 Å². The number of hydrogen-bond donors (Lipinski definition) is 6. The van der Waals surface area contributed by atoms with Crippen molar-refractivity contribution in [1.29, 1.82) is 0 Å². The second-order valence-corrected chi connectivity index (χ2v) is 23.5. The molecule has 480 valence electrons. The Morgan fingerprint density at radius 2 is 0.867 bits per heavy atom. The Morgan fingerprint density at radius 3 is 1.31 bits per heavy atom. The molecule has 0 aliphatic carbocycles. The van der Waals surface area contributed by atoms with Crippen molar-refractivity contribution in [3.05, 3.63) is 85.1 Å². The molecule has 1 saturated heterocycles. The molecule has 0 bridgehead atoms. The van der Waals surface area contributed by atoms with Gasteiger partial charge in [0.2, 0.25) is 5.91 Å². The number of aliphatic hydroxyl groups is 5. The molecule has 8 unspecified atom stereocenters. The smallest absolute Gasteiger partial charge is 0.306 e. The number of aliphatic hydroxyl groups excluding tert-OH is 5. The molecule has 0 radical (unpaired) electrons. The number of rotatable bonds is 58. The van der Waals surface area contributed by atoms with Gasteiger partial charge in [0.25, 0.3) is 0 Å². The van der Waals surface area contributed by atoms with Gasteiger partial charge in [-0.05, 0) is 89.9 Å². The SMILES string of the molecule is CC/C=C\C/C=C\C/C=C\C/C=C\C/C=C\CCCC(=O)OC1C(OCC(NC(=O)C(O)CCCCCCCCCCCCCCCCCC/C=C/CCCCCCCC)C(O)/C=C/CCCCCCCCCCC)OC(CO)C(O)C1O. The maximum Gasteiger partial charge on any atom is 0.306 e. The van der Waals surface area contributed by atoms with Gasteiger partial charge in [-0.1, -0.05) is 286 Å². The third-order valence-corrected chi connectivity index (χ3v) is 15.8. The summed E-state index contributed by atoms with van der Waals surface area (Å²) in [5.41, 5.74) is 0. The third-order valence-electron chi connectivity index (χ3n) is 15.8. The average molecular weight is 1170 g/mol. The molecule has 0 aromatic carbocycles. The third kappa shape index (κ3) is 46.7. The predicted octanol–water partition coefficient (Wildman–Crippen LogP) is 17.3. The number of esters is 1. The molecule has 11 nitrogen and oxygen atoms in total. The number of nitrogens with one attached hydrogen (secondary N) is 1. The lowest BCUT2D eigenvalue weighted by Gasteiger charge is -2.41. The van der Waals surface area contributed by atoms with Gasteiger partial charge in [0.05, 0.1) is 25.4 Å². The van der Waals surface area contributed by atoms with Crippen molar-refractivity contribution < 1.29 is 49.3 Å². The summed E-state index contributed by atoms with van der Waals surface area (Å²) in [5.74, 6) is -1.25. The molecule has 1 rings (SSSR count). The zero-order chi connectivity index (χ0) is 60.3. The number of allylic oxidation sites excluding steroid dienone is 13. The van der Waals surface area contributed by atoms with Crippen LogP contribution in [0.5, 0.6) is 0 Å². The Labute approximate surface area is 508 Å². The maximum atomic E-state index is 13.5. The lowest BCUT2D eigenvalue weighted by Crippen LogP contribution is -2.61. The summed E-state index contributed by atoms with van der Waals surface area (Å²) in [6.45, 7) is 5.65. The van der Waals surface area contributed by atoms with E-state index in [0.29, 0.717) is 19.3 Å². The van der Waals surface area contributed by atoms with E-state index in [1.54, 1.807) is 6.08 Å². The largest absolute Gasteiger partial charge is 0.454 e. The van der Waals surface area contributed by atoms with Gasteiger partial charge in [0, 0.05) is 6.42 Å². The minimum Gasteiger partial charge on any atom is -0.454 e. The van der Waals surface area contributed by atoms with Crippen molar-refractivity contribution in [3.63, 3.8) is 0 Å². The molecule has 11 heteroatoms. The molecule has 6 N–H and O–H groups in total. The molecule has 1 fully saturated rings. The highest BCUT2D eigenvalue weighted by Crippen LogP contribution is 2.26. The van der Waals surface area contributed by atoms with Gasteiger partial charge >= 0.3 is 5.97 Å². The lowest BCUT2D eigenvalue weighted by atomic mass is 9.99. The van der Waals surface area contributed by atoms with Crippen LogP contribution in [-0.4, -0.2) is 99.6 Å². The number of ether oxygens (including phenoxy) is 3. The van der Waals surface area contributed by atoms with Crippen molar-refractivity contribution in [2.45, 2.75) is 346 Å². The molecule has 0 aromatic heterocycles. The van der Waals surface area contributed by atoms with Gasteiger partial charge in [-0.2, -0.15) is 0 Å². The Hall–Kier alpha value is -3.16. The quantitative estimate of drug-likeness (QED) is 0.0195. The summed E-state index contributed by atoms with van der Waals surface area (Å²) in [4.78, 5) is 26.6. The van der Waals surface area contributed by atoms with Crippen LogP contribution in [0.4, 0.5) is 0 Å². The Bertz CT molecular complexity index is 1670. The fourth-order valence-electron chi connectivity index (χ4n) is 10.4. The molecule has 1 aliphatic rings. The average Bonchev–Trinajstić information content (AvgIpc) is 3.69. The minimum absolute atomic E-state index is 0.0431. The van der Waals surface area contributed by atoms with Gasteiger partial charge in [-0.15, -0.1) is 0 Å². The molecule has 0 aromatic rings. The normalized spacial score (nSPS) is 19.1. The first-order chi connectivity index (χ1) is 40.7. The van der Waals surface area contributed by atoms with Gasteiger partial charge in [-0.25, -0.2) is 0 Å². The zero-order valence-electron chi connectivity index (χ0n) is 53.3. The molecule has 83 heavy (non-hydrogen) atoms. The van der Waals surface area contributed by atoms with Crippen LogP contribution in [0, 0.1) is 0 Å². The van der Waals surface area contributed by atoms with Crippen LogP contribution < -0.4 is 5.32 Å². The van der Waals surface area contributed by atoms with E-state index in [2.05, 4.69) is 86.8 Å². The Balaban J connectivity index is 2.58. The van der Waals surface area contributed by atoms with E-state index in [4.69, 9.17) is 14.2 Å². The first kappa shape index (κ1) is 77.9. The van der Waals surface area contributed by atoms with Crippen LogP contribution in [0.25, 0.3) is 0 Å². The fraction of sp³-hybridized carbons (Fsp3) is 0.778.